The minimum atomic E-state index is -0.960. The summed E-state index contributed by atoms with van der Waals surface area (Å²) in [7, 11) is 1.20. The Morgan fingerprint density at radius 1 is 1.59 bits per heavy atom. The summed E-state index contributed by atoms with van der Waals surface area (Å²) in [5, 5.41) is 8.44. The summed E-state index contributed by atoms with van der Waals surface area (Å²) >= 11 is 0. The second kappa shape index (κ2) is 5.59. The number of nitrogens with zero attached hydrogens (tertiary/aromatic N) is 2. The minimum absolute atomic E-state index is 0.0350. The van der Waals surface area contributed by atoms with E-state index >= 15 is 0 Å². The topological polar surface area (TPSA) is 115 Å². The van der Waals surface area contributed by atoms with Crippen LogP contribution in [0.15, 0.2) is 12.3 Å². The second-order valence-corrected chi connectivity index (χ2v) is 3.02. The number of aromatic nitrogens is 2. The molecule has 0 aromatic carbocycles. The highest BCUT2D eigenvalue weighted by atomic mass is 16.5. The first kappa shape index (κ1) is 12.6. The van der Waals surface area contributed by atoms with Crippen molar-refractivity contribution in [2.45, 2.75) is 6.42 Å². The molecule has 0 aliphatic carbocycles. The molecule has 17 heavy (non-hydrogen) atoms. The lowest BCUT2D eigenvalue weighted by Gasteiger charge is -2.02. The summed E-state index contributed by atoms with van der Waals surface area (Å²) in [4.78, 5) is 29.2. The second-order valence-electron chi connectivity index (χ2n) is 3.02. The minimum Gasteiger partial charge on any atom is -0.481 e. The van der Waals surface area contributed by atoms with Crippen LogP contribution in [0, 0.1) is 0 Å². The largest absolute Gasteiger partial charge is 0.481 e. The average Bonchev–Trinajstić information content (AvgIpc) is 2.30. The van der Waals surface area contributed by atoms with E-state index in [0.29, 0.717) is 5.69 Å². The molecule has 0 atom stereocenters. The predicted octanol–water partition coefficient (Wildman–Crippen LogP) is 0.333. The fourth-order valence-corrected chi connectivity index (χ4v) is 1.02. The molecule has 0 spiro atoms. The fourth-order valence-electron chi connectivity index (χ4n) is 1.02. The van der Waals surface area contributed by atoms with Gasteiger partial charge in [-0.25, -0.2) is 14.8 Å². The van der Waals surface area contributed by atoms with Gasteiger partial charge in [0.25, 0.3) is 0 Å². The third-order valence-electron chi connectivity index (χ3n) is 1.78. The third kappa shape index (κ3) is 3.56. The quantitative estimate of drug-likeness (QED) is 0.725. The Bertz CT molecular complexity index is 471. The lowest BCUT2D eigenvalue weighted by molar-refractivity contribution is -0.135. The van der Waals surface area contributed by atoms with Crippen LogP contribution in [0.2, 0.25) is 0 Å². The number of hydrogen-bond donors (Lipinski definition) is 2. The van der Waals surface area contributed by atoms with Crippen molar-refractivity contribution in [2.24, 2.45) is 0 Å². The molecule has 1 aromatic heterocycles. The van der Waals surface area contributed by atoms with Crippen molar-refractivity contribution in [3.05, 3.63) is 23.7 Å². The molecule has 0 bridgehead atoms. The van der Waals surface area contributed by atoms with Gasteiger partial charge in [0.2, 0.25) is 0 Å². The Labute approximate surface area is 96.9 Å². The highest BCUT2D eigenvalue weighted by molar-refractivity contribution is 5.91. The van der Waals surface area contributed by atoms with Crippen LogP contribution in [0.3, 0.4) is 0 Å². The maximum absolute atomic E-state index is 11.2. The molecular weight excluding hydrogens is 226 g/mol. The maximum Gasteiger partial charge on any atom is 0.360 e. The summed E-state index contributed by atoms with van der Waals surface area (Å²) < 4.78 is 4.48. The molecule has 90 valence electrons. The van der Waals surface area contributed by atoms with Crippen LogP contribution in [-0.4, -0.2) is 34.1 Å². The molecule has 7 heteroatoms. The Kier molecular flexibility index (Phi) is 4.15. The number of anilines is 1. The van der Waals surface area contributed by atoms with E-state index in [1.807, 2.05) is 0 Å². The van der Waals surface area contributed by atoms with E-state index in [1.54, 1.807) is 0 Å². The fraction of sp³-hybridized carbons (Fsp3) is 0.200. The first-order valence-electron chi connectivity index (χ1n) is 4.63. The van der Waals surface area contributed by atoms with Crippen LogP contribution in [0.25, 0.3) is 6.08 Å². The summed E-state index contributed by atoms with van der Waals surface area (Å²) in [5.74, 6) is -1.69. The Balaban J connectivity index is 2.92. The summed E-state index contributed by atoms with van der Waals surface area (Å²) in [6, 6.07) is 0. The van der Waals surface area contributed by atoms with Crippen molar-refractivity contribution in [2.75, 3.05) is 12.8 Å². The molecular formula is C10H11N3O4. The molecule has 0 radical (unpaired) electrons. The average molecular weight is 237 g/mol. The van der Waals surface area contributed by atoms with E-state index in [2.05, 4.69) is 14.7 Å². The number of esters is 1. The molecule has 1 heterocycles. The molecule has 0 unspecified atom stereocenters. The van der Waals surface area contributed by atoms with Gasteiger partial charge in [-0.05, 0) is 6.08 Å². The van der Waals surface area contributed by atoms with Crippen molar-refractivity contribution in [1.29, 1.82) is 0 Å². The molecule has 3 N–H and O–H groups in total. The van der Waals surface area contributed by atoms with Gasteiger partial charge >= 0.3 is 11.9 Å². The number of aliphatic carboxylic acids is 1. The van der Waals surface area contributed by atoms with Gasteiger partial charge < -0.3 is 15.6 Å². The van der Waals surface area contributed by atoms with Crippen LogP contribution in [0.1, 0.15) is 22.6 Å². The number of rotatable bonds is 4. The SMILES string of the molecule is COC(=O)c1nc(C=CCC(=O)O)cnc1N. The number of nitrogens with two attached hydrogens (primary N) is 1. The van der Waals surface area contributed by atoms with Gasteiger partial charge in [0.15, 0.2) is 11.5 Å². The standard InChI is InChI=1S/C10H11N3O4/c1-17-10(16)8-9(11)12-5-6(13-8)3-2-4-7(14)15/h2-3,5H,4H2,1H3,(H2,11,12)(H,14,15). The van der Waals surface area contributed by atoms with Crippen molar-refractivity contribution >= 4 is 23.8 Å². The highest BCUT2D eigenvalue weighted by Gasteiger charge is 2.13. The predicted molar refractivity (Wildman–Crippen MR) is 59.1 cm³/mol. The Morgan fingerprint density at radius 3 is 2.88 bits per heavy atom. The number of nitrogen functional groups attached to an aromatic ring is 1. The van der Waals surface area contributed by atoms with E-state index < -0.39 is 11.9 Å². The lowest BCUT2D eigenvalue weighted by atomic mass is 10.3. The van der Waals surface area contributed by atoms with Crippen LogP contribution in [-0.2, 0) is 9.53 Å². The zero-order valence-electron chi connectivity index (χ0n) is 9.08. The van der Waals surface area contributed by atoms with Crippen molar-refractivity contribution in [1.82, 2.24) is 9.97 Å². The molecule has 1 aromatic rings. The van der Waals surface area contributed by atoms with Gasteiger partial charge in [0, 0.05) is 0 Å². The van der Waals surface area contributed by atoms with Gasteiger partial charge in [0.1, 0.15) is 0 Å². The Morgan fingerprint density at radius 2 is 2.29 bits per heavy atom. The molecule has 1 rings (SSSR count). The van der Waals surface area contributed by atoms with E-state index in [9.17, 15) is 9.59 Å². The number of hydrogen-bond acceptors (Lipinski definition) is 6. The number of carboxylic acid groups (broad SMARTS) is 1. The maximum atomic E-state index is 11.2. The molecule has 7 nitrogen and oxygen atoms in total. The van der Waals surface area contributed by atoms with Gasteiger partial charge in [-0.3, -0.25) is 4.79 Å². The van der Waals surface area contributed by atoms with Crippen molar-refractivity contribution < 1.29 is 19.4 Å². The van der Waals surface area contributed by atoms with Crippen LogP contribution in [0.5, 0.6) is 0 Å². The third-order valence-corrected chi connectivity index (χ3v) is 1.78. The van der Waals surface area contributed by atoms with E-state index in [-0.39, 0.29) is 17.9 Å². The number of carbonyl (C=O) groups is 2. The van der Waals surface area contributed by atoms with Gasteiger partial charge in [-0.1, -0.05) is 6.08 Å². The highest BCUT2D eigenvalue weighted by Crippen LogP contribution is 2.08. The molecule has 0 aliphatic rings. The Hall–Kier alpha value is -2.44. The smallest absolute Gasteiger partial charge is 0.360 e. The number of ether oxygens (including phenoxy) is 1. The summed E-state index contributed by atoms with van der Waals surface area (Å²) in [6.45, 7) is 0. The summed E-state index contributed by atoms with van der Waals surface area (Å²) in [6.07, 6.45) is 4.02. The first-order valence-corrected chi connectivity index (χ1v) is 4.63. The van der Waals surface area contributed by atoms with Crippen LogP contribution >= 0.6 is 0 Å². The molecule has 0 saturated heterocycles. The van der Waals surface area contributed by atoms with Crippen LogP contribution in [0.4, 0.5) is 5.82 Å². The normalized spacial score (nSPS) is 10.4. The van der Waals surface area contributed by atoms with Crippen molar-refractivity contribution in [3.8, 4) is 0 Å². The lowest BCUT2D eigenvalue weighted by Crippen LogP contribution is -2.10. The monoisotopic (exact) mass is 237 g/mol. The van der Waals surface area contributed by atoms with Gasteiger partial charge in [-0.15, -0.1) is 0 Å². The molecule has 0 aliphatic heterocycles. The zero-order valence-corrected chi connectivity index (χ0v) is 9.08. The molecule has 0 amide bonds. The number of carboxylic acids is 1. The van der Waals surface area contributed by atoms with Gasteiger partial charge in [0.05, 0.1) is 25.4 Å². The molecule has 0 fully saturated rings. The summed E-state index contributed by atoms with van der Waals surface area (Å²) in [5.41, 5.74) is 5.69. The number of methoxy groups -OCH3 is 1. The van der Waals surface area contributed by atoms with E-state index in [0.717, 1.165) is 0 Å². The van der Waals surface area contributed by atoms with Crippen molar-refractivity contribution in [3.63, 3.8) is 0 Å². The molecule has 0 saturated carbocycles. The first-order chi connectivity index (χ1) is 8.04. The van der Waals surface area contributed by atoms with E-state index in [4.69, 9.17) is 10.8 Å². The van der Waals surface area contributed by atoms with E-state index in [1.165, 1.54) is 25.5 Å². The van der Waals surface area contributed by atoms with Gasteiger partial charge in [-0.2, -0.15) is 0 Å². The zero-order chi connectivity index (χ0) is 12.8. The van der Waals surface area contributed by atoms with Crippen LogP contribution < -0.4 is 5.73 Å². The number of carbonyl (C=O) groups excluding carboxylic acids is 1.